The van der Waals surface area contributed by atoms with Crippen molar-refractivity contribution in [3.63, 3.8) is 0 Å². The molecule has 0 saturated carbocycles. The van der Waals surface area contributed by atoms with Crippen molar-refractivity contribution < 1.29 is 22.3 Å². The first kappa shape index (κ1) is 20.4. The topological polar surface area (TPSA) is 72.2 Å². The second-order valence-electron chi connectivity index (χ2n) is 7.92. The van der Waals surface area contributed by atoms with Crippen LogP contribution >= 0.6 is 0 Å². The molecule has 0 aliphatic carbocycles. The van der Waals surface area contributed by atoms with Gasteiger partial charge in [-0.05, 0) is 50.2 Å². The van der Waals surface area contributed by atoms with Crippen LogP contribution in [0.5, 0.6) is 5.75 Å². The number of hydrogen-bond donors (Lipinski definition) is 0. The third-order valence-corrected chi connectivity index (χ3v) is 7.82. The maximum absolute atomic E-state index is 13.4. The maximum Gasteiger partial charge on any atom is 0.246 e. The lowest BCUT2D eigenvalue weighted by molar-refractivity contribution is 0.0271. The first-order valence-corrected chi connectivity index (χ1v) is 11.4. The molecule has 2 aliphatic heterocycles. The van der Waals surface area contributed by atoms with Gasteiger partial charge in [-0.2, -0.15) is 4.31 Å². The van der Waals surface area contributed by atoms with Crippen LogP contribution < -0.4 is 4.74 Å². The maximum atomic E-state index is 13.4. The Morgan fingerprint density at radius 2 is 1.93 bits per heavy atom. The van der Waals surface area contributed by atoms with Crippen LogP contribution in [0.2, 0.25) is 0 Å². The molecule has 0 unspecified atom stereocenters. The van der Waals surface area contributed by atoms with Crippen molar-refractivity contribution in [1.29, 1.82) is 0 Å². The number of methoxy groups -OCH3 is 1. The summed E-state index contributed by atoms with van der Waals surface area (Å²) >= 11 is 0. The Kier molecular flexibility index (Phi) is 5.96. The Hall–Kier alpha value is -1.87. The number of furan rings is 1. The molecule has 8 heteroatoms. The molecule has 0 amide bonds. The highest BCUT2D eigenvalue weighted by molar-refractivity contribution is 7.89. The van der Waals surface area contributed by atoms with Gasteiger partial charge < -0.3 is 13.9 Å². The zero-order chi connectivity index (χ0) is 20.3. The lowest BCUT2D eigenvalue weighted by Crippen LogP contribution is -2.51. The van der Waals surface area contributed by atoms with Gasteiger partial charge >= 0.3 is 0 Å². The summed E-state index contributed by atoms with van der Waals surface area (Å²) in [6.45, 7) is 4.19. The highest BCUT2D eigenvalue weighted by atomic mass is 32.2. The molecule has 1 saturated heterocycles. The molecule has 0 radical (unpaired) electrons. The number of likely N-dealkylation sites (tertiary alicyclic amines) is 1. The molecule has 4 rings (SSSR count). The Morgan fingerprint density at radius 1 is 1.14 bits per heavy atom. The summed E-state index contributed by atoms with van der Waals surface area (Å²) in [5.74, 6) is 1.39. The van der Waals surface area contributed by atoms with E-state index in [0.29, 0.717) is 32.1 Å². The van der Waals surface area contributed by atoms with Crippen LogP contribution in [0.1, 0.15) is 18.6 Å². The lowest BCUT2D eigenvalue weighted by atomic mass is 9.78. The van der Waals surface area contributed by atoms with Gasteiger partial charge in [-0.25, -0.2) is 8.42 Å². The van der Waals surface area contributed by atoms with E-state index in [1.807, 2.05) is 18.2 Å². The average molecular weight is 421 g/mol. The molecule has 1 spiro atoms. The van der Waals surface area contributed by atoms with Crippen LogP contribution in [0.15, 0.2) is 52.0 Å². The molecule has 29 heavy (non-hydrogen) atoms. The molecule has 1 aromatic carbocycles. The number of hydrogen-bond acceptors (Lipinski definition) is 6. The number of sulfonamides is 1. The fourth-order valence-electron chi connectivity index (χ4n) is 4.16. The third kappa shape index (κ3) is 4.35. The SMILES string of the molecule is COCCN1CC2(CCN(Cc3ccco3)CC2)COc2ccccc2S1(=O)=O. The van der Waals surface area contributed by atoms with Gasteiger partial charge in [-0.15, -0.1) is 0 Å². The molecule has 0 N–H and O–H groups in total. The minimum atomic E-state index is -3.65. The second-order valence-corrected chi connectivity index (χ2v) is 9.83. The average Bonchev–Trinajstić information content (AvgIpc) is 3.24. The molecule has 2 aromatic rings. The fraction of sp³-hybridized carbons (Fsp3) is 0.524. The predicted octanol–water partition coefficient (Wildman–Crippen LogP) is 2.59. The largest absolute Gasteiger partial charge is 0.492 e. The predicted molar refractivity (Wildman–Crippen MR) is 108 cm³/mol. The zero-order valence-corrected chi connectivity index (χ0v) is 17.6. The van der Waals surface area contributed by atoms with Gasteiger partial charge in [-0.3, -0.25) is 4.90 Å². The lowest BCUT2D eigenvalue weighted by Gasteiger charge is -2.44. The van der Waals surface area contributed by atoms with Crippen molar-refractivity contribution in [3.8, 4) is 5.75 Å². The molecule has 3 heterocycles. The van der Waals surface area contributed by atoms with E-state index in [2.05, 4.69) is 4.90 Å². The van der Waals surface area contributed by atoms with E-state index in [0.717, 1.165) is 38.2 Å². The minimum Gasteiger partial charge on any atom is -0.492 e. The molecular weight excluding hydrogens is 392 g/mol. The second kappa shape index (κ2) is 8.47. The number of benzene rings is 1. The fourth-order valence-corrected chi connectivity index (χ4v) is 5.83. The van der Waals surface area contributed by atoms with Gasteiger partial charge in [0.2, 0.25) is 10.0 Å². The van der Waals surface area contributed by atoms with Gasteiger partial charge in [0.25, 0.3) is 0 Å². The molecular formula is C21H28N2O5S. The summed E-state index contributed by atoms with van der Waals surface area (Å²) in [7, 11) is -2.05. The molecule has 0 atom stereocenters. The Balaban J connectivity index is 1.56. The summed E-state index contributed by atoms with van der Waals surface area (Å²) < 4.78 is 45.0. The summed E-state index contributed by atoms with van der Waals surface area (Å²) in [4.78, 5) is 2.59. The molecule has 2 aliphatic rings. The van der Waals surface area contributed by atoms with Gasteiger partial charge in [0.15, 0.2) is 0 Å². The van der Waals surface area contributed by atoms with E-state index in [-0.39, 0.29) is 10.3 Å². The van der Waals surface area contributed by atoms with Gasteiger partial charge in [0, 0.05) is 25.6 Å². The molecule has 0 bridgehead atoms. The summed E-state index contributed by atoms with van der Waals surface area (Å²) in [6.07, 6.45) is 3.43. The third-order valence-electron chi connectivity index (χ3n) is 5.93. The van der Waals surface area contributed by atoms with Crippen LogP contribution in [0.3, 0.4) is 0 Å². The van der Waals surface area contributed by atoms with Crippen molar-refractivity contribution in [3.05, 3.63) is 48.4 Å². The summed E-state index contributed by atoms with van der Waals surface area (Å²) in [6, 6.07) is 10.8. The molecule has 7 nitrogen and oxygen atoms in total. The highest BCUT2D eigenvalue weighted by Gasteiger charge is 2.42. The number of ether oxygens (including phenoxy) is 2. The van der Waals surface area contributed by atoms with Crippen molar-refractivity contribution in [1.82, 2.24) is 9.21 Å². The summed E-state index contributed by atoms with van der Waals surface area (Å²) in [5.41, 5.74) is -0.214. The van der Waals surface area contributed by atoms with Crippen molar-refractivity contribution in [2.24, 2.45) is 5.41 Å². The number of para-hydroxylation sites is 1. The van der Waals surface area contributed by atoms with E-state index in [1.165, 1.54) is 0 Å². The Labute approximate surface area is 172 Å². The quantitative estimate of drug-likeness (QED) is 0.740. The zero-order valence-electron chi connectivity index (χ0n) is 16.7. The number of rotatable bonds is 5. The van der Waals surface area contributed by atoms with Gasteiger partial charge in [0.1, 0.15) is 16.4 Å². The van der Waals surface area contributed by atoms with Crippen molar-refractivity contribution in [2.45, 2.75) is 24.3 Å². The van der Waals surface area contributed by atoms with Crippen LogP contribution in [0, 0.1) is 5.41 Å². The molecule has 158 valence electrons. The van der Waals surface area contributed by atoms with Gasteiger partial charge in [-0.1, -0.05) is 12.1 Å². The normalized spacial score (nSPS) is 21.8. The van der Waals surface area contributed by atoms with Crippen molar-refractivity contribution in [2.75, 3.05) is 46.5 Å². The summed E-state index contributed by atoms with van der Waals surface area (Å²) in [5, 5.41) is 0. The highest BCUT2D eigenvalue weighted by Crippen LogP contribution is 2.39. The van der Waals surface area contributed by atoms with Crippen LogP contribution in [-0.2, 0) is 21.3 Å². The van der Waals surface area contributed by atoms with Crippen LogP contribution in [0.4, 0.5) is 0 Å². The Morgan fingerprint density at radius 3 is 2.66 bits per heavy atom. The van der Waals surface area contributed by atoms with E-state index in [4.69, 9.17) is 13.9 Å². The first-order chi connectivity index (χ1) is 14.0. The number of nitrogens with zero attached hydrogens (tertiary/aromatic N) is 2. The van der Waals surface area contributed by atoms with E-state index in [9.17, 15) is 8.42 Å². The number of piperidine rings is 1. The Bertz CT molecular complexity index is 905. The number of fused-ring (bicyclic) bond motifs is 1. The van der Waals surface area contributed by atoms with E-state index in [1.54, 1.807) is 35.9 Å². The van der Waals surface area contributed by atoms with Crippen molar-refractivity contribution >= 4 is 10.0 Å². The van der Waals surface area contributed by atoms with Crippen LogP contribution in [-0.4, -0.2) is 64.1 Å². The molecule has 1 aromatic heterocycles. The molecule has 1 fully saturated rings. The van der Waals surface area contributed by atoms with Crippen LogP contribution in [0.25, 0.3) is 0 Å². The smallest absolute Gasteiger partial charge is 0.246 e. The minimum absolute atomic E-state index is 0.214. The van der Waals surface area contributed by atoms with Gasteiger partial charge in [0.05, 0.1) is 26.0 Å². The standard InChI is InChI=1S/C21H28N2O5S/c1-26-14-12-23-16-21(8-10-22(11-9-21)15-18-5-4-13-27-18)17-28-19-6-2-3-7-20(19)29(23,24)25/h2-7,13H,8-12,14-17H2,1H3. The van der Waals surface area contributed by atoms with E-state index < -0.39 is 10.0 Å². The monoisotopic (exact) mass is 420 g/mol. The van der Waals surface area contributed by atoms with E-state index >= 15 is 0 Å². The first-order valence-electron chi connectivity index (χ1n) is 9.98.